The van der Waals surface area contributed by atoms with E-state index in [1.165, 1.54) is 0 Å². The number of hydrogen-bond donors (Lipinski definition) is 0. The molecule has 2 heterocycles. The van der Waals surface area contributed by atoms with Gasteiger partial charge in [0.2, 0.25) is 0 Å². The van der Waals surface area contributed by atoms with Gasteiger partial charge in [-0.1, -0.05) is 0 Å². The van der Waals surface area contributed by atoms with Crippen molar-refractivity contribution in [2.75, 3.05) is 6.61 Å². The van der Waals surface area contributed by atoms with Crippen molar-refractivity contribution in [2.24, 2.45) is 0 Å². The largest absolute Gasteiger partial charge is 0.494 e. The maximum Gasteiger partial charge on any atom is 0.255 e. The number of hydrogen-bond acceptors (Lipinski definition) is 4. The Balaban J connectivity index is 2.14. The first-order chi connectivity index (χ1) is 11.6. The van der Waals surface area contributed by atoms with Gasteiger partial charge in [-0.3, -0.25) is 9.36 Å². The lowest BCUT2D eigenvalue weighted by atomic mass is 10.0. The van der Waals surface area contributed by atoms with E-state index < -0.39 is 0 Å². The topological polar surface area (TPSA) is 57.0 Å². The molecule has 2 aromatic heterocycles. The van der Waals surface area contributed by atoms with Gasteiger partial charge in [0.05, 0.1) is 24.7 Å². The molecule has 0 spiro atoms. The van der Waals surface area contributed by atoms with Gasteiger partial charge in [-0.25, -0.2) is 0 Å². The number of ether oxygens (including phenoxy) is 1. The number of benzene rings is 1. The number of aromatic nitrogens is 3. The van der Waals surface area contributed by atoms with Crippen molar-refractivity contribution in [2.45, 2.75) is 20.8 Å². The quantitative estimate of drug-likeness (QED) is 0.740. The smallest absolute Gasteiger partial charge is 0.255 e. The molecule has 0 amide bonds. The molecule has 3 rings (SSSR count). The van der Waals surface area contributed by atoms with Crippen molar-refractivity contribution in [3.8, 4) is 22.6 Å². The van der Waals surface area contributed by atoms with Crippen molar-refractivity contribution >= 4 is 0 Å². The molecule has 0 unspecified atom stereocenters. The average Bonchev–Trinajstić information content (AvgIpc) is 2.57. The van der Waals surface area contributed by atoms with E-state index in [-0.39, 0.29) is 5.56 Å². The molecule has 0 saturated heterocycles. The minimum absolute atomic E-state index is 0.0643. The van der Waals surface area contributed by atoms with E-state index in [1.807, 2.05) is 51.2 Å². The molecule has 0 radical (unpaired) electrons. The van der Waals surface area contributed by atoms with Crippen LogP contribution in [0.4, 0.5) is 0 Å². The zero-order chi connectivity index (χ0) is 17.1. The van der Waals surface area contributed by atoms with Crippen molar-refractivity contribution in [1.82, 2.24) is 14.8 Å². The van der Waals surface area contributed by atoms with Gasteiger partial charge in [0.1, 0.15) is 5.75 Å². The van der Waals surface area contributed by atoms with Crippen LogP contribution in [0.3, 0.4) is 0 Å². The summed E-state index contributed by atoms with van der Waals surface area (Å²) in [6.07, 6.45) is 5.20. The van der Waals surface area contributed by atoms with E-state index in [0.29, 0.717) is 6.61 Å². The standard InChI is InChI=1S/C19H19N3O2/c1-4-24-16-5-6-18(14(3)9-16)22-12-17(13(2)10-19(22)23)15-7-8-20-21-11-15/h5-12H,4H2,1-3H3. The SMILES string of the molecule is CCOc1ccc(-n2cc(-c3ccnnc3)c(C)cc2=O)c(C)c1. The molecule has 0 aliphatic carbocycles. The van der Waals surface area contributed by atoms with Crippen LogP contribution in [0.2, 0.25) is 0 Å². The Labute approximate surface area is 140 Å². The van der Waals surface area contributed by atoms with Gasteiger partial charge in [-0.05, 0) is 56.2 Å². The van der Waals surface area contributed by atoms with Crippen LogP contribution in [0.15, 0.2) is 53.7 Å². The van der Waals surface area contributed by atoms with Crippen LogP contribution in [0.1, 0.15) is 18.1 Å². The van der Waals surface area contributed by atoms with E-state index in [1.54, 1.807) is 23.0 Å². The Kier molecular flexibility index (Phi) is 4.42. The molecule has 0 bridgehead atoms. The molecule has 3 aromatic rings. The molecular formula is C19H19N3O2. The zero-order valence-corrected chi connectivity index (χ0v) is 14.0. The fourth-order valence-electron chi connectivity index (χ4n) is 2.72. The predicted octanol–water partition coefficient (Wildman–Crippen LogP) is 3.31. The van der Waals surface area contributed by atoms with Gasteiger partial charge in [0, 0.05) is 23.4 Å². The lowest BCUT2D eigenvalue weighted by Gasteiger charge is -2.14. The van der Waals surface area contributed by atoms with E-state index in [0.717, 1.165) is 33.7 Å². The predicted molar refractivity (Wildman–Crippen MR) is 93.7 cm³/mol. The highest BCUT2D eigenvalue weighted by Gasteiger charge is 2.10. The molecule has 1 aromatic carbocycles. The summed E-state index contributed by atoms with van der Waals surface area (Å²) in [4.78, 5) is 12.5. The van der Waals surface area contributed by atoms with Crippen molar-refractivity contribution in [3.63, 3.8) is 0 Å². The first-order valence-electron chi connectivity index (χ1n) is 7.84. The molecule has 0 aliphatic rings. The molecule has 5 nitrogen and oxygen atoms in total. The van der Waals surface area contributed by atoms with Crippen LogP contribution in [0.5, 0.6) is 5.75 Å². The molecule has 122 valence electrons. The first-order valence-corrected chi connectivity index (χ1v) is 7.84. The fraction of sp³-hybridized carbons (Fsp3) is 0.211. The summed E-state index contributed by atoms with van der Waals surface area (Å²) in [6, 6.07) is 9.26. The number of pyridine rings is 1. The van der Waals surface area contributed by atoms with Gasteiger partial charge < -0.3 is 4.74 Å². The van der Waals surface area contributed by atoms with E-state index in [9.17, 15) is 4.79 Å². The molecule has 0 N–H and O–H groups in total. The summed E-state index contributed by atoms with van der Waals surface area (Å²) in [5.74, 6) is 0.803. The summed E-state index contributed by atoms with van der Waals surface area (Å²) >= 11 is 0. The van der Waals surface area contributed by atoms with E-state index in [4.69, 9.17) is 4.74 Å². The maximum absolute atomic E-state index is 12.5. The molecule has 0 atom stereocenters. The van der Waals surface area contributed by atoms with Gasteiger partial charge in [0.15, 0.2) is 0 Å². The Bertz CT molecular complexity index is 918. The van der Waals surface area contributed by atoms with E-state index >= 15 is 0 Å². The molecule has 0 aliphatic heterocycles. The highest BCUT2D eigenvalue weighted by Crippen LogP contribution is 2.24. The van der Waals surface area contributed by atoms with Crippen molar-refractivity contribution in [3.05, 3.63) is 70.4 Å². The van der Waals surface area contributed by atoms with Gasteiger partial charge >= 0.3 is 0 Å². The second-order valence-corrected chi connectivity index (χ2v) is 5.59. The van der Waals surface area contributed by atoms with Crippen LogP contribution >= 0.6 is 0 Å². The minimum atomic E-state index is -0.0643. The lowest BCUT2D eigenvalue weighted by molar-refractivity contribution is 0.340. The summed E-state index contributed by atoms with van der Waals surface area (Å²) in [5.41, 5.74) is 4.55. The van der Waals surface area contributed by atoms with E-state index in [2.05, 4.69) is 10.2 Å². The third-order valence-electron chi connectivity index (χ3n) is 3.89. The average molecular weight is 321 g/mol. The Morgan fingerprint density at radius 2 is 1.92 bits per heavy atom. The molecular weight excluding hydrogens is 302 g/mol. The van der Waals surface area contributed by atoms with Gasteiger partial charge in [-0.2, -0.15) is 10.2 Å². The highest BCUT2D eigenvalue weighted by molar-refractivity contribution is 5.65. The van der Waals surface area contributed by atoms with Crippen LogP contribution in [-0.4, -0.2) is 21.4 Å². The highest BCUT2D eigenvalue weighted by atomic mass is 16.5. The number of nitrogens with zero attached hydrogens (tertiary/aromatic N) is 3. The Morgan fingerprint density at radius 3 is 2.58 bits per heavy atom. The summed E-state index contributed by atoms with van der Waals surface area (Å²) in [7, 11) is 0. The van der Waals surface area contributed by atoms with Crippen molar-refractivity contribution in [1.29, 1.82) is 0 Å². The maximum atomic E-state index is 12.5. The number of rotatable bonds is 4. The number of aryl methyl sites for hydroxylation is 2. The zero-order valence-electron chi connectivity index (χ0n) is 14.0. The second-order valence-electron chi connectivity index (χ2n) is 5.59. The van der Waals surface area contributed by atoms with Crippen molar-refractivity contribution < 1.29 is 4.74 Å². The molecule has 5 heteroatoms. The fourth-order valence-corrected chi connectivity index (χ4v) is 2.72. The minimum Gasteiger partial charge on any atom is -0.494 e. The monoisotopic (exact) mass is 321 g/mol. The summed E-state index contributed by atoms with van der Waals surface area (Å²) < 4.78 is 7.18. The van der Waals surface area contributed by atoms with Crippen LogP contribution in [0, 0.1) is 13.8 Å². The molecule has 24 heavy (non-hydrogen) atoms. The Hall–Kier alpha value is -2.95. The summed E-state index contributed by atoms with van der Waals surface area (Å²) in [6.45, 7) is 6.45. The third kappa shape index (κ3) is 3.06. The van der Waals surface area contributed by atoms with Crippen LogP contribution in [0.25, 0.3) is 16.8 Å². The second kappa shape index (κ2) is 6.66. The van der Waals surface area contributed by atoms with Crippen LogP contribution in [-0.2, 0) is 0 Å². The third-order valence-corrected chi connectivity index (χ3v) is 3.89. The Morgan fingerprint density at radius 1 is 1.08 bits per heavy atom. The summed E-state index contributed by atoms with van der Waals surface area (Å²) in [5, 5.41) is 7.73. The first kappa shape index (κ1) is 15.9. The normalized spacial score (nSPS) is 10.6. The van der Waals surface area contributed by atoms with Crippen LogP contribution < -0.4 is 10.3 Å². The molecule has 0 saturated carbocycles. The molecule has 0 fully saturated rings. The van der Waals surface area contributed by atoms with Gasteiger partial charge in [0.25, 0.3) is 5.56 Å². The lowest BCUT2D eigenvalue weighted by Crippen LogP contribution is -2.18. The van der Waals surface area contributed by atoms with Gasteiger partial charge in [-0.15, -0.1) is 0 Å².